The minimum Gasteiger partial charge on any atom is -0.478 e. The number of rotatable bonds is 4. The first-order valence-electron chi connectivity index (χ1n) is 5.96. The second-order valence-electron chi connectivity index (χ2n) is 4.44. The van der Waals surface area contributed by atoms with Gasteiger partial charge in [-0.15, -0.1) is 0 Å². The second kappa shape index (κ2) is 5.69. The average molecular weight is 277 g/mol. The lowest BCUT2D eigenvalue weighted by Crippen LogP contribution is -2.18. The third-order valence-corrected chi connectivity index (χ3v) is 2.96. The summed E-state index contributed by atoms with van der Waals surface area (Å²) in [5.74, 6) is -2.15. The van der Waals surface area contributed by atoms with Crippen molar-refractivity contribution < 1.29 is 18.7 Å². The lowest BCUT2D eigenvalue weighted by molar-refractivity contribution is 0.0695. The molecule has 0 aliphatic carbocycles. The minimum atomic E-state index is -1.19. The summed E-state index contributed by atoms with van der Waals surface area (Å²) in [7, 11) is 1.71. The Morgan fingerprint density at radius 2 is 1.85 bits per heavy atom. The van der Waals surface area contributed by atoms with Crippen LogP contribution >= 0.6 is 0 Å². The molecule has 2 aromatic rings. The standard InChI is InChI=1S/C15H13F2NO2/c1-18(13-4-2-3-11(16)7-13)9-10-5-6-12(17)8-14(10)15(19)20/h2-8H,9H2,1H3,(H,19,20). The van der Waals surface area contributed by atoms with Crippen LogP contribution in [0, 0.1) is 11.6 Å². The molecule has 0 aliphatic rings. The molecule has 0 aromatic heterocycles. The maximum absolute atomic E-state index is 13.2. The Bertz CT molecular complexity index is 644. The van der Waals surface area contributed by atoms with Crippen LogP contribution in [-0.2, 0) is 6.54 Å². The highest BCUT2D eigenvalue weighted by Crippen LogP contribution is 2.19. The molecule has 0 saturated carbocycles. The zero-order valence-electron chi connectivity index (χ0n) is 10.8. The Morgan fingerprint density at radius 3 is 2.50 bits per heavy atom. The highest BCUT2D eigenvalue weighted by molar-refractivity contribution is 5.89. The molecular formula is C15H13F2NO2. The van der Waals surface area contributed by atoms with Gasteiger partial charge in [0.25, 0.3) is 0 Å². The molecular weight excluding hydrogens is 264 g/mol. The van der Waals surface area contributed by atoms with E-state index >= 15 is 0 Å². The Kier molecular flexibility index (Phi) is 3.98. The van der Waals surface area contributed by atoms with Crippen molar-refractivity contribution in [2.45, 2.75) is 6.54 Å². The molecule has 20 heavy (non-hydrogen) atoms. The van der Waals surface area contributed by atoms with E-state index in [0.29, 0.717) is 11.3 Å². The summed E-state index contributed by atoms with van der Waals surface area (Å²) in [6.45, 7) is 0.241. The molecule has 0 spiro atoms. The number of aromatic carboxylic acids is 1. The predicted molar refractivity (Wildman–Crippen MR) is 71.9 cm³/mol. The van der Waals surface area contributed by atoms with Crippen LogP contribution in [0.5, 0.6) is 0 Å². The van der Waals surface area contributed by atoms with Crippen molar-refractivity contribution in [1.29, 1.82) is 0 Å². The quantitative estimate of drug-likeness (QED) is 0.932. The third kappa shape index (κ3) is 3.12. The van der Waals surface area contributed by atoms with E-state index in [-0.39, 0.29) is 17.9 Å². The van der Waals surface area contributed by atoms with Gasteiger partial charge in [-0.25, -0.2) is 13.6 Å². The van der Waals surface area contributed by atoms with E-state index in [1.54, 1.807) is 24.1 Å². The summed E-state index contributed by atoms with van der Waals surface area (Å²) in [5, 5.41) is 9.07. The molecule has 0 heterocycles. The van der Waals surface area contributed by atoms with Gasteiger partial charge < -0.3 is 10.0 Å². The van der Waals surface area contributed by atoms with Gasteiger partial charge in [-0.05, 0) is 35.9 Å². The number of anilines is 1. The smallest absolute Gasteiger partial charge is 0.336 e. The molecule has 104 valence electrons. The van der Waals surface area contributed by atoms with E-state index in [1.165, 1.54) is 24.3 Å². The minimum absolute atomic E-state index is 0.0896. The monoisotopic (exact) mass is 277 g/mol. The summed E-state index contributed by atoms with van der Waals surface area (Å²) < 4.78 is 26.3. The highest BCUT2D eigenvalue weighted by Gasteiger charge is 2.13. The Balaban J connectivity index is 2.28. The van der Waals surface area contributed by atoms with Crippen molar-refractivity contribution in [3.05, 3.63) is 65.2 Å². The van der Waals surface area contributed by atoms with Crippen LogP contribution in [0.25, 0.3) is 0 Å². The molecule has 0 atom stereocenters. The van der Waals surface area contributed by atoms with Crippen molar-refractivity contribution in [2.24, 2.45) is 0 Å². The first-order valence-corrected chi connectivity index (χ1v) is 5.96. The number of carboxylic acid groups (broad SMARTS) is 1. The maximum atomic E-state index is 13.2. The fourth-order valence-corrected chi connectivity index (χ4v) is 1.95. The number of hydrogen-bond donors (Lipinski definition) is 1. The van der Waals surface area contributed by atoms with Crippen molar-refractivity contribution >= 4 is 11.7 Å². The summed E-state index contributed by atoms with van der Waals surface area (Å²) in [6.07, 6.45) is 0. The molecule has 0 saturated heterocycles. The zero-order chi connectivity index (χ0) is 14.7. The SMILES string of the molecule is CN(Cc1ccc(F)cc1C(=O)O)c1cccc(F)c1. The van der Waals surface area contributed by atoms with Crippen LogP contribution in [0.4, 0.5) is 14.5 Å². The maximum Gasteiger partial charge on any atom is 0.336 e. The number of hydrogen-bond acceptors (Lipinski definition) is 2. The topological polar surface area (TPSA) is 40.5 Å². The molecule has 0 aliphatic heterocycles. The summed E-state index contributed by atoms with van der Waals surface area (Å²) in [5.41, 5.74) is 0.990. The molecule has 0 unspecified atom stereocenters. The molecule has 3 nitrogen and oxygen atoms in total. The number of nitrogens with zero attached hydrogens (tertiary/aromatic N) is 1. The summed E-state index contributed by atoms with van der Waals surface area (Å²) in [4.78, 5) is 12.8. The highest BCUT2D eigenvalue weighted by atomic mass is 19.1. The summed E-state index contributed by atoms with van der Waals surface area (Å²) >= 11 is 0. The Hall–Kier alpha value is -2.43. The van der Waals surface area contributed by atoms with Gasteiger partial charge in [-0.2, -0.15) is 0 Å². The van der Waals surface area contributed by atoms with Crippen LogP contribution < -0.4 is 4.90 Å². The van der Waals surface area contributed by atoms with E-state index in [1.807, 2.05) is 0 Å². The third-order valence-electron chi connectivity index (χ3n) is 2.96. The molecule has 2 aromatic carbocycles. The fourth-order valence-electron chi connectivity index (χ4n) is 1.95. The van der Waals surface area contributed by atoms with Crippen LogP contribution in [0.2, 0.25) is 0 Å². The molecule has 5 heteroatoms. The van der Waals surface area contributed by atoms with Crippen LogP contribution in [0.3, 0.4) is 0 Å². The van der Waals surface area contributed by atoms with Gasteiger partial charge in [0.2, 0.25) is 0 Å². The van der Waals surface area contributed by atoms with E-state index < -0.39 is 11.8 Å². The largest absolute Gasteiger partial charge is 0.478 e. The normalized spacial score (nSPS) is 10.3. The lowest BCUT2D eigenvalue weighted by atomic mass is 10.1. The Morgan fingerprint density at radius 1 is 1.15 bits per heavy atom. The molecule has 0 fully saturated rings. The van der Waals surface area contributed by atoms with E-state index in [2.05, 4.69) is 0 Å². The molecule has 0 amide bonds. The van der Waals surface area contributed by atoms with Gasteiger partial charge >= 0.3 is 5.97 Å². The van der Waals surface area contributed by atoms with E-state index in [0.717, 1.165) is 6.07 Å². The lowest BCUT2D eigenvalue weighted by Gasteiger charge is -2.20. The van der Waals surface area contributed by atoms with Crippen molar-refractivity contribution in [1.82, 2.24) is 0 Å². The van der Waals surface area contributed by atoms with Crippen LogP contribution in [0.15, 0.2) is 42.5 Å². The van der Waals surface area contributed by atoms with Gasteiger partial charge in [-0.1, -0.05) is 12.1 Å². The molecule has 0 radical (unpaired) electrons. The van der Waals surface area contributed by atoms with Crippen LogP contribution in [0.1, 0.15) is 15.9 Å². The van der Waals surface area contributed by atoms with Gasteiger partial charge in [0.05, 0.1) is 5.56 Å². The van der Waals surface area contributed by atoms with Crippen molar-refractivity contribution in [3.63, 3.8) is 0 Å². The van der Waals surface area contributed by atoms with Gasteiger partial charge in [0, 0.05) is 19.3 Å². The second-order valence-corrected chi connectivity index (χ2v) is 4.44. The number of carboxylic acids is 1. The number of carbonyl (C=O) groups is 1. The van der Waals surface area contributed by atoms with Crippen molar-refractivity contribution in [2.75, 3.05) is 11.9 Å². The number of benzene rings is 2. The molecule has 0 bridgehead atoms. The summed E-state index contributed by atoms with van der Waals surface area (Å²) in [6, 6.07) is 9.59. The fraction of sp³-hybridized carbons (Fsp3) is 0.133. The van der Waals surface area contributed by atoms with E-state index in [4.69, 9.17) is 5.11 Å². The first-order chi connectivity index (χ1) is 9.47. The molecule has 1 N–H and O–H groups in total. The van der Waals surface area contributed by atoms with Crippen molar-refractivity contribution in [3.8, 4) is 0 Å². The predicted octanol–water partition coefficient (Wildman–Crippen LogP) is 3.30. The van der Waals surface area contributed by atoms with Gasteiger partial charge in [0.15, 0.2) is 0 Å². The van der Waals surface area contributed by atoms with Crippen LogP contribution in [-0.4, -0.2) is 18.1 Å². The first kappa shape index (κ1) is 14.0. The van der Waals surface area contributed by atoms with E-state index in [9.17, 15) is 13.6 Å². The molecule has 2 rings (SSSR count). The zero-order valence-corrected chi connectivity index (χ0v) is 10.8. The number of halogens is 2. The van der Waals surface area contributed by atoms with Gasteiger partial charge in [0.1, 0.15) is 11.6 Å². The van der Waals surface area contributed by atoms with Gasteiger partial charge in [-0.3, -0.25) is 0 Å². The average Bonchev–Trinajstić information content (AvgIpc) is 2.40. The Labute approximate surface area is 115 Å².